The minimum Gasteiger partial charge on any atom is -0.308 e. The second-order valence-corrected chi connectivity index (χ2v) is 17.7. The van der Waals surface area contributed by atoms with Crippen LogP contribution in [0.15, 0.2) is 182 Å². The zero-order valence-electron chi connectivity index (χ0n) is 27.7. The maximum absolute atomic E-state index is 3.06. The molecule has 0 aliphatic heterocycles. The van der Waals surface area contributed by atoms with E-state index in [0.717, 1.165) is 0 Å². The Kier molecular flexibility index (Phi) is 5.29. The molecule has 0 saturated carbocycles. The van der Waals surface area contributed by atoms with Gasteiger partial charge in [-0.05, 0) is 38.9 Å². The standard InChI is InChI=1S/C48H30N2Si/c1-4-16-31(17-5-1)51(32-18-6-2-7-19-32,33-20-8-3-9-21-33)48-44-39-27-15-25-37-34-22-10-12-28-41(34)49(46(37)39)43(44)30-40-38-26-14-24-36-35-23-11-13-29-42(35)50(45(36)38)47(40)48/h1-30H. The molecule has 0 aliphatic carbocycles. The van der Waals surface area contributed by atoms with Gasteiger partial charge in [0.25, 0.3) is 0 Å². The number of benzene rings is 8. The van der Waals surface area contributed by atoms with Crippen molar-refractivity contribution in [3.05, 3.63) is 182 Å². The number of nitrogens with zero attached hydrogens (tertiary/aromatic N) is 2. The molecule has 12 aromatic rings. The molecule has 51 heavy (non-hydrogen) atoms. The molecule has 2 nitrogen and oxygen atoms in total. The van der Waals surface area contributed by atoms with Gasteiger partial charge in [-0.25, -0.2) is 0 Å². The fraction of sp³-hybridized carbons (Fsp3) is 0. The Bertz CT molecular complexity index is 3180. The van der Waals surface area contributed by atoms with Crippen molar-refractivity contribution in [1.29, 1.82) is 0 Å². The van der Waals surface area contributed by atoms with E-state index in [0.29, 0.717) is 0 Å². The van der Waals surface area contributed by atoms with Gasteiger partial charge in [-0.15, -0.1) is 0 Å². The molecule has 4 aromatic heterocycles. The fourth-order valence-corrected chi connectivity index (χ4v) is 15.0. The molecule has 0 bridgehead atoms. The van der Waals surface area contributed by atoms with E-state index in [9.17, 15) is 0 Å². The molecule has 0 spiro atoms. The molecule has 0 radical (unpaired) electrons. The van der Waals surface area contributed by atoms with Crippen molar-refractivity contribution in [2.75, 3.05) is 0 Å². The molecule has 8 aromatic carbocycles. The van der Waals surface area contributed by atoms with Crippen LogP contribution in [0.1, 0.15) is 0 Å². The highest BCUT2D eigenvalue weighted by molar-refractivity contribution is 7.21. The van der Waals surface area contributed by atoms with Crippen LogP contribution in [0.4, 0.5) is 0 Å². The highest BCUT2D eigenvalue weighted by Crippen LogP contribution is 2.44. The third kappa shape index (κ3) is 3.28. The first kappa shape index (κ1) is 27.4. The lowest BCUT2D eigenvalue weighted by Gasteiger charge is -2.35. The smallest absolute Gasteiger partial charge is 0.182 e. The molecule has 0 saturated heterocycles. The van der Waals surface area contributed by atoms with Gasteiger partial charge >= 0.3 is 0 Å². The van der Waals surface area contributed by atoms with Crippen molar-refractivity contribution in [3.63, 3.8) is 0 Å². The minimum atomic E-state index is -3.06. The Morgan fingerprint density at radius 2 is 0.706 bits per heavy atom. The lowest BCUT2D eigenvalue weighted by atomic mass is 10.0. The monoisotopic (exact) mass is 662 g/mol. The Balaban J connectivity index is 1.48. The summed E-state index contributed by atoms with van der Waals surface area (Å²) in [5.74, 6) is 0. The van der Waals surface area contributed by atoms with Gasteiger partial charge in [0, 0.05) is 43.1 Å². The third-order valence-corrected chi connectivity index (χ3v) is 16.5. The van der Waals surface area contributed by atoms with Crippen LogP contribution in [0.25, 0.3) is 76.2 Å². The lowest BCUT2D eigenvalue weighted by Crippen LogP contribution is -2.75. The van der Waals surface area contributed by atoms with Crippen molar-refractivity contribution in [1.82, 2.24) is 8.80 Å². The minimum absolute atomic E-state index is 1.26. The Morgan fingerprint density at radius 3 is 1.25 bits per heavy atom. The molecular formula is C48H30N2Si. The molecule has 0 fully saturated rings. The van der Waals surface area contributed by atoms with Gasteiger partial charge < -0.3 is 8.80 Å². The fourth-order valence-electron chi connectivity index (χ4n) is 9.85. The summed E-state index contributed by atoms with van der Waals surface area (Å²) in [5.41, 5.74) is 7.76. The van der Waals surface area contributed by atoms with E-state index in [-0.39, 0.29) is 0 Å². The normalized spacial score (nSPS) is 12.7. The molecule has 0 atom stereocenters. The third-order valence-electron chi connectivity index (χ3n) is 11.7. The maximum atomic E-state index is 2.63. The molecule has 0 aliphatic rings. The van der Waals surface area contributed by atoms with Gasteiger partial charge in [0.1, 0.15) is 0 Å². The summed E-state index contributed by atoms with van der Waals surface area (Å²) in [5, 5.41) is 16.1. The van der Waals surface area contributed by atoms with E-state index < -0.39 is 8.07 Å². The number of aromatic nitrogens is 2. The number of rotatable bonds is 4. The summed E-state index contributed by atoms with van der Waals surface area (Å²) in [6.07, 6.45) is 0. The molecule has 4 heterocycles. The van der Waals surface area contributed by atoms with Crippen LogP contribution in [0.5, 0.6) is 0 Å². The Hall–Kier alpha value is -6.42. The Morgan fingerprint density at radius 1 is 0.294 bits per heavy atom. The lowest BCUT2D eigenvalue weighted by molar-refractivity contribution is 1.37. The zero-order chi connectivity index (χ0) is 33.3. The number of hydrogen-bond acceptors (Lipinski definition) is 0. The van der Waals surface area contributed by atoms with E-state index in [4.69, 9.17) is 0 Å². The topological polar surface area (TPSA) is 8.82 Å². The number of hydrogen-bond donors (Lipinski definition) is 0. The molecule has 236 valence electrons. The summed E-state index contributed by atoms with van der Waals surface area (Å²) in [4.78, 5) is 0. The van der Waals surface area contributed by atoms with E-state index >= 15 is 0 Å². The van der Waals surface area contributed by atoms with Crippen molar-refractivity contribution < 1.29 is 0 Å². The van der Waals surface area contributed by atoms with E-state index in [1.54, 1.807) is 0 Å². The maximum Gasteiger partial charge on any atom is 0.182 e. The van der Waals surface area contributed by atoms with Crippen molar-refractivity contribution in [2.45, 2.75) is 0 Å². The SMILES string of the molecule is c1ccc([Si](c2ccccc2)(c2ccccc2)c2c3c4cccc5c6ccccc6n(c3cc3c6cccc7c8ccccc8n(c23)c76)c54)cc1. The Labute approximate surface area is 294 Å². The molecule has 0 unspecified atom stereocenters. The van der Waals surface area contributed by atoms with Gasteiger partial charge in [-0.2, -0.15) is 0 Å². The van der Waals surface area contributed by atoms with Crippen LogP contribution in [0, 0.1) is 0 Å². The average Bonchev–Trinajstić information content (AvgIpc) is 3.93. The highest BCUT2D eigenvalue weighted by Gasteiger charge is 2.45. The van der Waals surface area contributed by atoms with Crippen molar-refractivity contribution in [2.24, 2.45) is 0 Å². The summed E-state index contributed by atoms with van der Waals surface area (Å²) in [6, 6.07) is 68.6. The van der Waals surface area contributed by atoms with Gasteiger partial charge in [0.2, 0.25) is 0 Å². The second-order valence-electron chi connectivity index (χ2n) is 14.0. The first-order valence-electron chi connectivity index (χ1n) is 17.8. The van der Waals surface area contributed by atoms with Crippen LogP contribution in [-0.4, -0.2) is 16.9 Å². The average molecular weight is 663 g/mol. The first-order valence-corrected chi connectivity index (χ1v) is 19.8. The van der Waals surface area contributed by atoms with Gasteiger partial charge in [0.15, 0.2) is 8.07 Å². The molecule has 12 rings (SSSR count). The quantitative estimate of drug-likeness (QED) is 0.131. The van der Waals surface area contributed by atoms with E-state index in [1.807, 2.05) is 0 Å². The van der Waals surface area contributed by atoms with E-state index in [2.05, 4.69) is 191 Å². The van der Waals surface area contributed by atoms with Crippen LogP contribution in [0.3, 0.4) is 0 Å². The highest BCUT2D eigenvalue weighted by atomic mass is 28.3. The molecule has 0 amide bonds. The van der Waals surface area contributed by atoms with Gasteiger partial charge in [-0.1, -0.05) is 164 Å². The number of para-hydroxylation sites is 4. The predicted molar refractivity (Wildman–Crippen MR) is 219 cm³/mol. The zero-order valence-corrected chi connectivity index (χ0v) is 28.7. The van der Waals surface area contributed by atoms with Crippen molar-refractivity contribution >= 4 is 105 Å². The summed E-state index contributed by atoms with van der Waals surface area (Å²) in [7, 11) is -3.06. The molecule has 0 N–H and O–H groups in total. The summed E-state index contributed by atoms with van der Waals surface area (Å²) < 4.78 is 5.21. The van der Waals surface area contributed by atoms with E-state index in [1.165, 1.54) is 96.9 Å². The molecule has 3 heteroatoms. The largest absolute Gasteiger partial charge is 0.308 e. The van der Waals surface area contributed by atoms with Crippen LogP contribution in [-0.2, 0) is 0 Å². The first-order chi connectivity index (χ1) is 25.4. The van der Waals surface area contributed by atoms with Crippen LogP contribution in [0.2, 0.25) is 0 Å². The van der Waals surface area contributed by atoms with Crippen LogP contribution >= 0.6 is 0 Å². The van der Waals surface area contributed by atoms with Crippen molar-refractivity contribution in [3.8, 4) is 0 Å². The summed E-state index contributed by atoms with van der Waals surface area (Å²) in [6.45, 7) is 0. The molecular weight excluding hydrogens is 633 g/mol. The second kappa shape index (κ2) is 9.84. The van der Waals surface area contributed by atoms with Gasteiger partial charge in [0.05, 0.1) is 33.1 Å². The summed E-state index contributed by atoms with van der Waals surface area (Å²) >= 11 is 0. The predicted octanol–water partition coefficient (Wildman–Crippen LogP) is 9.36. The number of fused-ring (bicyclic) bond motifs is 12. The van der Waals surface area contributed by atoms with Gasteiger partial charge in [-0.3, -0.25) is 0 Å². The van der Waals surface area contributed by atoms with Crippen LogP contribution < -0.4 is 20.7 Å².